The van der Waals surface area contributed by atoms with Gasteiger partial charge in [-0.2, -0.15) is 30.6 Å². The predicted octanol–water partition coefficient (Wildman–Crippen LogP) is 9.27. The minimum Gasteiger partial charge on any atom is -0.870 e. The molecular formula is C82H96BCl4LiN24O16S. The third kappa shape index (κ3) is 32.2. The first-order valence-corrected chi connectivity index (χ1v) is 41.9. The van der Waals surface area contributed by atoms with Crippen LogP contribution < -0.4 is 29.2 Å². The number of aliphatic hydroxyl groups is 1. The maximum absolute atomic E-state index is 11.5. The van der Waals surface area contributed by atoms with E-state index in [0.29, 0.717) is 75.3 Å². The summed E-state index contributed by atoms with van der Waals surface area (Å²) in [6, 6.07) is 21.0. The number of ether oxygens (including phenoxy) is 1. The van der Waals surface area contributed by atoms with Crippen LogP contribution in [-0.2, 0) is 28.3 Å². The van der Waals surface area contributed by atoms with E-state index in [0.717, 1.165) is 45.3 Å². The molecule has 12 heterocycles. The van der Waals surface area contributed by atoms with Gasteiger partial charge < -0.3 is 51.3 Å². The molecule has 0 unspecified atom stereocenters. The number of ketones is 2. The van der Waals surface area contributed by atoms with Gasteiger partial charge in [-0.3, -0.25) is 47.3 Å². The zero-order valence-corrected chi connectivity index (χ0v) is 76.6. The fourth-order valence-corrected chi connectivity index (χ4v) is 11.7. The number of aromatic carboxylic acids is 1. The summed E-state index contributed by atoms with van der Waals surface area (Å²) in [5.74, 6) is -1.01. The number of alkyl halides is 1. The molecule has 2 aromatic carbocycles. The average Bonchev–Trinajstić information content (AvgIpc) is 1.80. The van der Waals surface area contributed by atoms with Crippen molar-refractivity contribution in [3.63, 3.8) is 0 Å². The van der Waals surface area contributed by atoms with Gasteiger partial charge in [-0.1, -0.05) is 23.7 Å². The molecule has 40 nitrogen and oxygen atoms in total. The van der Waals surface area contributed by atoms with Crippen molar-refractivity contribution in [2.24, 2.45) is 0 Å². The molecule has 12 aromatic heterocycles. The van der Waals surface area contributed by atoms with Crippen LogP contribution in [0.3, 0.4) is 0 Å². The van der Waals surface area contributed by atoms with Crippen LogP contribution in [0.25, 0.3) is 56.9 Å². The Morgan fingerprint density at radius 3 is 1.09 bits per heavy atom. The molecule has 678 valence electrons. The zero-order chi connectivity index (χ0) is 92.9. The number of aromatic nitrogens is 24. The summed E-state index contributed by atoms with van der Waals surface area (Å²) in [6.45, 7) is 27.2. The van der Waals surface area contributed by atoms with Gasteiger partial charge in [-0.25, -0.2) is 68.8 Å². The Bertz CT molecular complexity index is 5630. The Balaban J connectivity index is 0.000000382. The number of carboxylic acids is 1. The molecule has 47 heteroatoms. The maximum atomic E-state index is 11.5. The van der Waals surface area contributed by atoms with Crippen molar-refractivity contribution in [3.8, 4) is 79.9 Å². The van der Waals surface area contributed by atoms with Gasteiger partial charge in [0.15, 0.2) is 24.1 Å². The SMILES string of the molecule is CC(=O)c1cncnc1-c1ccnn1C(C)C.CC(=O)c1cncnc1Cl.CC(C)n1nccc1-c1ncncc1C(=O)O.CC(C)n1nccc1-c1ncncc1CCl.CC(C)n1nccc1-c1ncncc1CO.CC(C)n1nccc1-c1ncncc1COc1cccc(O)c1C=O.CC(C)n1nccc1B(O)O.O.O=Cc1c(O)cccc1O.O=S(Cl)Cl.[Li+].[OH-]. The number of aromatic hydroxyl groups is 3. The summed E-state index contributed by atoms with van der Waals surface area (Å²) in [5.41, 5.74) is 11.4. The number of aldehydes is 2. The molecule has 129 heavy (non-hydrogen) atoms. The van der Waals surface area contributed by atoms with Crippen molar-refractivity contribution in [3.05, 3.63) is 235 Å². The Morgan fingerprint density at radius 1 is 0.450 bits per heavy atom. The first kappa shape index (κ1) is 110. The summed E-state index contributed by atoms with van der Waals surface area (Å²) >= 11 is 11.4. The maximum Gasteiger partial charge on any atom is 1.00 e. The van der Waals surface area contributed by atoms with Crippen LogP contribution in [-0.4, -0.2) is 206 Å². The summed E-state index contributed by atoms with van der Waals surface area (Å²) in [6.07, 6.45) is 28.9. The van der Waals surface area contributed by atoms with Crippen LogP contribution >= 0.6 is 44.6 Å². The normalized spacial score (nSPS) is 10.3. The second kappa shape index (κ2) is 55.8. The molecule has 0 aliphatic carbocycles. The average molecular weight is 1870 g/mol. The summed E-state index contributed by atoms with van der Waals surface area (Å²) in [4.78, 5) is 103. The van der Waals surface area contributed by atoms with Crippen LogP contribution in [0.2, 0.25) is 5.15 Å². The zero-order valence-electron chi connectivity index (χ0n) is 72.7. The minimum atomic E-state index is -1.67. The molecule has 0 radical (unpaired) electrons. The number of benzene rings is 2. The molecule has 14 aromatic rings. The number of phenols is 3. The Hall–Kier alpha value is -12.7. The predicted molar refractivity (Wildman–Crippen MR) is 479 cm³/mol. The molecule has 0 spiro atoms. The number of Topliss-reactive ketones (excluding diaryl/α,β-unsaturated/α-hetero) is 2. The van der Waals surface area contributed by atoms with Crippen molar-refractivity contribution in [2.75, 3.05) is 0 Å². The number of nitrogens with zero attached hydrogens (tertiary/aromatic N) is 24. The largest absolute Gasteiger partial charge is 1.00 e. The Morgan fingerprint density at radius 2 is 0.752 bits per heavy atom. The molecule has 0 amide bonds. The summed E-state index contributed by atoms with van der Waals surface area (Å²) in [5, 5.41) is 88.9. The molecule has 10 N–H and O–H groups in total. The second-order valence-electron chi connectivity index (χ2n) is 27.7. The van der Waals surface area contributed by atoms with E-state index in [-0.39, 0.29) is 124 Å². The van der Waals surface area contributed by atoms with Gasteiger partial charge >= 0.3 is 31.9 Å². The van der Waals surface area contributed by atoms with Crippen molar-refractivity contribution in [2.45, 2.75) is 152 Å². The topological polar surface area (TPSA) is 576 Å². The fourth-order valence-electron chi connectivity index (χ4n) is 11.2. The number of rotatable bonds is 22. The van der Waals surface area contributed by atoms with Gasteiger partial charge in [0.1, 0.15) is 89.7 Å². The van der Waals surface area contributed by atoms with E-state index in [2.05, 4.69) is 139 Å². The Kier molecular flexibility index (Phi) is 47.8. The molecule has 0 aliphatic heterocycles. The minimum absolute atomic E-state index is 0. The number of carbonyl (C=O) groups is 5. The summed E-state index contributed by atoms with van der Waals surface area (Å²) < 4.78 is 25.6. The number of carboxylic acid groups (broad SMARTS) is 1. The van der Waals surface area contributed by atoms with E-state index in [1.54, 1.807) is 95.6 Å². The molecular weight excluding hydrogens is 1770 g/mol. The number of carbonyl (C=O) groups excluding carboxylic acids is 4. The monoisotopic (exact) mass is 1860 g/mol. The van der Waals surface area contributed by atoms with E-state index in [9.17, 15) is 34.2 Å². The van der Waals surface area contributed by atoms with E-state index in [1.807, 2.05) is 98.4 Å². The number of hydrogen-bond donors (Lipinski definition) is 7. The van der Waals surface area contributed by atoms with E-state index < -0.39 is 22.3 Å². The number of phenolic OH excluding ortho intramolecular Hbond substituents is 3. The molecule has 0 saturated heterocycles. The fraction of sp³-hybridized carbons (Fsp3) is 0.280. The van der Waals surface area contributed by atoms with Gasteiger partial charge in [0.2, 0.25) is 9.23 Å². The van der Waals surface area contributed by atoms with Gasteiger partial charge in [0, 0.05) is 149 Å². The van der Waals surface area contributed by atoms with E-state index >= 15 is 0 Å². The first-order chi connectivity index (χ1) is 60.1. The van der Waals surface area contributed by atoms with Gasteiger partial charge in [-0.05, 0) is 158 Å². The number of aliphatic hydroxyl groups excluding tert-OH is 1. The molecule has 0 atom stereocenters. The molecule has 0 saturated carbocycles. The van der Waals surface area contributed by atoms with E-state index in [1.165, 1.54) is 88.5 Å². The van der Waals surface area contributed by atoms with Crippen LogP contribution in [0.4, 0.5) is 0 Å². The third-order valence-corrected chi connectivity index (χ3v) is 17.5. The standard InChI is InChI=1S/C18H18N4O3.C12H14N4O.C11H13ClN4.C11H12N4O2.C11H14N4O.C7H6O3.C6H11BN2O2.C6H5ClN2O.Cl2OS.Li.2H2O/c1-12(2)22-15(6-7-21-22)18-13(8-19-11-20-18)10-25-17-5-3-4-16(24)14(17)9-23;1-8(2)16-11(4-5-15-16)12-10(9(3)17)6-13-7-14-12;1-8(2)16-10(3-4-15-16)11-9(5-12)6-13-7-14-11;1-7(2)15-9(3-4-14-15)10-8(11(16)17)5-12-6-13-10;1-8(2)15-10(3-4-14-15)11-9(6-16)5-12-7-13-11;8-4-5-6(9)2-1-3-7(5)10;1-5(2)9-6(7(10)11)3-4-8-9;1-4(10)5-2-8-3-9-6(5)7;1-4(2)3;;;/h3-9,11-12,24H,10H2,1-2H3;4-8H,1-3H3;3-4,6-8H,5H2,1-2H3;3-7H,1-2H3,(H,16,17);3-5,7-8,16H,6H2,1-2H3;1-4,9-10H;3-5,10-11H,1-2H3;2-3H,1H3;;;2*1H2/q;;;;;;;;;+1;;/p-1. The summed E-state index contributed by atoms with van der Waals surface area (Å²) in [7, 11) is 5.93. The van der Waals surface area contributed by atoms with Gasteiger partial charge in [0.05, 0.1) is 85.9 Å². The van der Waals surface area contributed by atoms with Crippen LogP contribution in [0.15, 0.2) is 185 Å². The number of hydrogen-bond acceptors (Lipinski definition) is 32. The van der Waals surface area contributed by atoms with Gasteiger partial charge in [0.25, 0.3) is 0 Å². The third-order valence-electron chi connectivity index (χ3n) is 16.9. The van der Waals surface area contributed by atoms with Crippen LogP contribution in [0.5, 0.6) is 23.0 Å². The Labute approximate surface area is 775 Å². The van der Waals surface area contributed by atoms with E-state index in [4.69, 9.17) is 57.5 Å². The van der Waals surface area contributed by atoms with Gasteiger partial charge in [-0.15, -0.1) is 11.6 Å². The van der Waals surface area contributed by atoms with Crippen molar-refractivity contribution >= 4 is 96.6 Å². The molecule has 0 bridgehead atoms. The van der Waals surface area contributed by atoms with Crippen LogP contribution in [0.1, 0.15) is 202 Å². The van der Waals surface area contributed by atoms with Crippen LogP contribution in [0, 0.1) is 0 Å². The quantitative estimate of drug-likeness (QED) is 0.00829. The molecule has 0 aliphatic rings. The first-order valence-electron chi connectivity index (χ1n) is 38.2. The second-order valence-corrected chi connectivity index (χ2v) is 30.9. The number of halogens is 4. The smallest absolute Gasteiger partial charge is 0.870 e. The van der Waals surface area contributed by atoms with Crippen molar-refractivity contribution in [1.82, 2.24) is 118 Å². The van der Waals surface area contributed by atoms with Crippen molar-refractivity contribution in [1.29, 1.82) is 0 Å². The molecule has 0 fully saturated rings. The van der Waals surface area contributed by atoms with Crippen molar-refractivity contribution < 1.29 is 98.3 Å². The molecule has 14 rings (SSSR count).